The first-order valence-corrected chi connectivity index (χ1v) is 18.8. The van der Waals surface area contributed by atoms with Gasteiger partial charge in [0.1, 0.15) is 5.58 Å². The maximum Gasteiger partial charge on any atom is 0.164 e. The summed E-state index contributed by atoms with van der Waals surface area (Å²) >= 11 is 0. The van der Waals surface area contributed by atoms with Gasteiger partial charge in [0, 0.05) is 38.2 Å². The number of nitrogens with zero attached hydrogens (tertiary/aromatic N) is 4. The Morgan fingerprint density at radius 2 is 0.911 bits per heavy atom. The van der Waals surface area contributed by atoms with Gasteiger partial charge in [-0.2, -0.15) is 0 Å². The molecule has 3 aromatic heterocycles. The molecule has 0 aliphatic rings. The van der Waals surface area contributed by atoms with E-state index in [2.05, 4.69) is 150 Å². The standard InChI is InChI=1S/C51H32N4O/c1-4-16-33(17-5-1)36-22-14-23-37(30-36)50-52-49(35-20-8-3-9-21-35)53-51(54-50)41-26-15-28-44-47(41)40-25-10-12-27-43(40)55(44)45-32-38(34-18-6-2-7-19-34)31-42-39-24-11-13-29-46(39)56-48(42)45/h1-32H. The fourth-order valence-electron chi connectivity index (χ4n) is 8.05. The third-order valence-corrected chi connectivity index (χ3v) is 10.6. The molecule has 0 fully saturated rings. The highest BCUT2D eigenvalue weighted by Gasteiger charge is 2.23. The monoisotopic (exact) mass is 716 g/mol. The summed E-state index contributed by atoms with van der Waals surface area (Å²) in [6.45, 7) is 0. The first kappa shape index (κ1) is 31.9. The summed E-state index contributed by atoms with van der Waals surface area (Å²) in [5.41, 5.74) is 12.0. The van der Waals surface area contributed by atoms with Gasteiger partial charge < -0.3 is 8.98 Å². The van der Waals surface area contributed by atoms with Crippen molar-refractivity contribution in [3.63, 3.8) is 0 Å². The first-order valence-electron chi connectivity index (χ1n) is 18.8. The van der Waals surface area contributed by atoms with Crippen LogP contribution in [-0.2, 0) is 0 Å². The van der Waals surface area contributed by atoms with Gasteiger partial charge in [-0.15, -0.1) is 0 Å². The van der Waals surface area contributed by atoms with Gasteiger partial charge in [0.25, 0.3) is 0 Å². The van der Waals surface area contributed by atoms with Gasteiger partial charge in [0.05, 0.1) is 16.7 Å². The predicted molar refractivity (Wildman–Crippen MR) is 229 cm³/mol. The molecular formula is C51H32N4O. The molecule has 56 heavy (non-hydrogen) atoms. The van der Waals surface area contributed by atoms with Crippen molar-refractivity contribution < 1.29 is 4.42 Å². The van der Waals surface area contributed by atoms with Crippen molar-refractivity contribution in [1.29, 1.82) is 0 Å². The van der Waals surface area contributed by atoms with Crippen molar-refractivity contribution in [2.24, 2.45) is 0 Å². The Labute approximate surface area is 322 Å². The molecular weight excluding hydrogens is 685 g/mol. The number of hydrogen-bond acceptors (Lipinski definition) is 4. The maximum atomic E-state index is 6.73. The van der Waals surface area contributed by atoms with Crippen LogP contribution in [-0.4, -0.2) is 19.5 Å². The Bertz CT molecular complexity index is 3240. The Kier molecular flexibility index (Phi) is 7.42. The van der Waals surface area contributed by atoms with Crippen LogP contribution >= 0.6 is 0 Å². The van der Waals surface area contributed by atoms with Crippen molar-refractivity contribution in [2.75, 3.05) is 0 Å². The number of aromatic nitrogens is 4. The molecule has 0 radical (unpaired) electrons. The molecule has 0 amide bonds. The van der Waals surface area contributed by atoms with E-state index in [0.29, 0.717) is 17.5 Å². The zero-order chi connectivity index (χ0) is 37.0. The van der Waals surface area contributed by atoms with Crippen LogP contribution in [0.5, 0.6) is 0 Å². The van der Waals surface area contributed by atoms with Crippen LogP contribution in [0.15, 0.2) is 199 Å². The Hall–Kier alpha value is -7.63. The lowest BCUT2D eigenvalue weighted by molar-refractivity contribution is 0.666. The van der Waals surface area contributed by atoms with E-state index in [9.17, 15) is 0 Å². The van der Waals surface area contributed by atoms with Crippen LogP contribution in [0.3, 0.4) is 0 Å². The van der Waals surface area contributed by atoms with Crippen LogP contribution in [0, 0.1) is 0 Å². The minimum absolute atomic E-state index is 0.611. The highest BCUT2D eigenvalue weighted by molar-refractivity contribution is 6.17. The lowest BCUT2D eigenvalue weighted by atomic mass is 10.0. The Morgan fingerprint density at radius 3 is 1.68 bits per heavy atom. The number of rotatable bonds is 6. The first-order chi connectivity index (χ1) is 27.8. The van der Waals surface area contributed by atoms with Crippen molar-refractivity contribution in [3.8, 4) is 62.1 Å². The summed E-state index contributed by atoms with van der Waals surface area (Å²) in [6.07, 6.45) is 0. The normalized spacial score (nSPS) is 11.6. The van der Waals surface area contributed by atoms with Crippen molar-refractivity contribution in [2.45, 2.75) is 0 Å². The summed E-state index contributed by atoms with van der Waals surface area (Å²) in [7, 11) is 0. The highest BCUT2D eigenvalue weighted by Crippen LogP contribution is 2.43. The van der Waals surface area contributed by atoms with E-state index in [4.69, 9.17) is 19.4 Å². The smallest absolute Gasteiger partial charge is 0.164 e. The Balaban J connectivity index is 1.18. The van der Waals surface area contributed by atoms with Crippen molar-refractivity contribution >= 4 is 43.7 Å². The fourth-order valence-corrected chi connectivity index (χ4v) is 8.05. The maximum absolute atomic E-state index is 6.73. The second-order valence-corrected chi connectivity index (χ2v) is 14.0. The van der Waals surface area contributed by atoms with Gasteiger partial charge in [-0.25, -0.2) is 15.0 Å². The highest BCUT2D eigenvalue weighted by atomic mass is 16.3. The summed E-state index contributed by atoms with van der Waals surface area (Å²) in [6, 6.07) is 67.3. The zero-order valence-corrected chi connectivity index (χ0v) is 30.2. The molecule has 0 atom stereocenters. The molecule has 11 rings (SSSR count). The summed E-state index contributed by atoms with van der Waals surface area (Å²) in [5, 5.41) is 4.32. The molecule has 11 aromatic rings. The van der Waals surface area contributed by atoms with E-state index in [1.807, 2.05) is 48.5 Å². The second-order valence-electron chi connectivity index (χ2n) is 14.0. The molecule has 3 heterocycles. The molecule has 8 aromatic carbocycles. The molecule has 262 valence electrons. The van der Waals surface area contributed by atoms with Crippen LogP contribution in [0.25, 0.3) is 106 Å². The van der Waals surface area contributed by atoms with E-state index in [-0.39, 0.29) is 0 Å². The molecule has 0 N–H and O–H groups in total. The van der Waals surface area contributed by atoms with Gasteiger partial charge in [-0.1, -0.05) is 158 Å². The van der Waals surface area contributed by atoms with Gasteiger partial charge >= 0.3 is 0 Å². The third kappa shape index (κ3) is 5.29. The molecule has 5 nitrogen and oxygen atoms in total. The molecule has 0 unspecified atom stereocenters. The van der Waals surface area contributed by atoms with E-state index >= 15 is 0 Å². The van der Waals surface area contributed by atoms with Crippen LogP contribution in [0.4, 0.5) is 0 Å². The summed E-state index contributed by atoms with van der Waals surface area (Å²) < 4.78 is 9.07. The molecule has 0 saturated heterocycles. The average molecular weight is 717 g/mol. The second kappa shape index (κ2) is 13.0. The number of benzene rings is 8. The van der Waals surface area contributed by atoms with E-state index < -0.39 is 0 Å². The quantitative estimate of drug-likeness (QED) is 0.172. The predicted octanol–water partition coefficient (Wildman–Crippen LogP) is 13.2. The van der Waals surface area contributed by atoms with Crippen molar-refractivity contribution in [1.82, 2.24) is 19.5 Å². The van der Waals surface area contributed by atoms with E-state index in [0.717, 1.165) is 88.4 Å². The fraction of sp³-hybridized carbons (Fsp3) is 0. The number of fused-ring (bicyclic) bond motifs is 6. The molecule has 0 spiro atoms. The third-order valence-electron chi connectivity index (χ3n) is 10.6. The summed E-state index contributed by atoms with van der Waals surface area (Å²) in [5.74, 6) is 1.85. The molecule has 0 saturated carbocycles. The molecule has 0 aliphatic heterocycles. The number of para-hydroxylation sites is 2. The topological polar surface area (TPSA) is 56.7 Å². The van der Waals surface area contributed by atoms with Crippen LogP contribution in [0.1, 0.15) is 0 Å². The van der Waals surface area contributed by atoms with E-state index in [1.165, 1.54) is 0 Å². The molecule has 0 bridgehead atoms. The van der Waals surface area contributed by atoms with Gasteiger partial charge in [0.2, 0.25) is 0 Å². The largest absolute Gasteiger partial charge is 0.454 e. The summed E-state index contributed by atoms with van der Waals surface area (Å²) in [4.78, 5) is 15.5. The lowest BCUT2D eigenvalue weighted by Crippen LogP contribution is -2.01. The van der Waals surface area contributed by atoms with E-state index in [1.54, 1.807) is 0 Å². The van der Waals surface area contributed by atoms with Gasteiger partial charge in [-0.3, -0.25) is 0 Å². The van der Waals surface area contributed by atoms with Gasteiger partial charge in [0.15, 0.2) is 23.1 Å². The van der Waals surface area contributed by atoms with Crippen LogP contribution < -0.4 is 0 Å². The zero-order valence-electron chi connectivity index (χ0n) is 30.2. The van der Waals surface area contributed by atoms with Crippen LogP contribution in [0.2, 0.25) is 0 Å². The van der Waals surface area contributed by atoms with Crippen molar-refractivity contribution in [3.05, 3.63) is 194 Å². The average Bonchev–Trinajstić information content (AvgIpc) is 3.83. The molecule has 0 aliphatic carbocycles. The Morgan fingerprint density at radius 1 is 0.357 bits per heavy atom. The minimum atomic E-state index is 0.611. The lowest BCUT2D eigenvalue weighted by Gasteiger charge is -2.12. The minimum Gasteiger partial charge on any atom is -0.454 e. The number of hydrogen-bond donors (Lipinski definition) is 0. The van der Waals surface area contributed by atoms with Gasteiger partial charge in [-0.05, 0) is 58.7 Å². The molecule has 5 heteroatoms. The number of furan rings is 1. The SMILES string of the molecule is c1ccc(-c2cccc(-c3nc(-c4ccccc4)nc(-c4cccc5c4c4ccccc4n5-c4cc(-c5ccccc5)cc5c4oc4ccccc45)n3)c2)cc1.